The van der Waals surface area contributed by atoms with Crippen LogP contribution in [0, 0.1) is 5.92 Å². The number of rotatable bonds is 5. The van der Waals surface area contributed by atoms with E-state index in [9.17, 15) is 14.7 Å². The molecule has 21 heavy (non-hydrogen) atoms. The summed E-state index contributed by atoms with van der Waals surface area (Å²) in [6.45, 7) is 4.14. The third kappa shape index (κ3) is 3.70. The Morgan fingerprint density at radius 2 is 2.00 bits per heavy atom. The fourth-order valence-electron chi connectivity index (χ4n) is 2.06. The molecule has 1 heterocycles. The quantitative estimate of drug-likeness (QED) is 0.866. The van der Waals surface area contributed by atoms with Crippen molar-refractivity contribution in [1.29, 1.82) is 0 Å². The zero-order chi connectivity index (χ0) is 15.4. The first-order chi connectivity index (χ1) is 9.99. The molecule has 0 aliphatic carbocycles. The fraction of sp³-hybridized carbons (Fsp3) is 0.375. The molecule has 0 bridgehead atoms. The van der Waals surface area contributed by atoms with Crippen LogP contribution in [0.25, 0.3) is 10.9 Å². The number of aliphatic hydroxyl groups is 1. The Kier molecular flexibility index (Phi) is 4.75. The Bertz CT molecular complexity index is 691. The summed E-state index contributed by atoms with van der Waals surface area (Å²) in [5.74, 6) is -0.0953. The van der Waals surface area contributed by atoms with Gasteiger partial charge in [-0.05, 0) is 18.1 Å². The van der Waals surface area contributed by atoms with Crippen LogP contribution in [0.4, 0.5) is 0 Å². The van der Waals surface area contributed by atoms with Crippen LogP contribution in [0.5, 0.6) is 0 Å². The second-order valence-corrected chi connectivity index (χ2v) is 5.44. The molecule has 0 aliphatic rings. The maximum absolute atomic E-state index is 11.9. The van der Waals surface area contributed by atoms with Crippen molar-refractivity contribution in [2.75, 3.05) is 6.54 Å². The largest absolute Gasteiger partial charge is 0.391 e. The van der Waals surface area contributed by atoms with Crippen molar-refractivity contribution < 1.29 is 9.90 Å². The molecule has 0 saturated carbocycles. The average molecular weight is 288 g/mol. The number of aromatic nitrogens is 1. The third-order valence-electron chi connectivity index (χ3n) is 3.48. The van der Waals surface area contributed by atoms with E-state index in [0.29, 0.717) is 5.39 Å². The summed E-state index contributed by atoms with van der Waals surface area (Å²) in [5, 5.41) is 13.0. The molecule has 5 nitrogen and oxygen atoms in total. The van der Waals surface area contributed by atoms with Crippen LogP contribution in [0.2, 0.25) is 0 Å². The molecule has 1 aromatic heterocycles. The highest BCUT2D eigenvalue weighted by Gasteiger charge is 2.11. The summed E-state index contributed by atoms with van der Waals surface area (Å²) in [5.41, 5.74) is 0.669. The summed E-state index contributed by atoms with van der Waals surface area (Å²) in [6, 6.07) is 8.64. The Morgan fingerprint density at radius 3 is 2.71 bits per heavy atom. The highest BCUT2D eigenvalue weighted by atomic mass is 16.3. The number of para-hydroxylation sites is 1. The standard InChI is InChI=1S/C16H20N2O3/c1-11(2)15(20)9-17-16(21)10-18-8-7-14(19)12-5-3-4-6-13(12)18/h3-8,11,15,20H,9-10H2,1-2H3,(H,17,21). The number of hydrogen-bond donors (Lipinski definition) is 2. The van der Waals surface area contributed by atoms with E-state index in [-0.39, 0.29) is 30.3 Å². The molecule has 0 fully saturated rings. The second-order valence-electron chi connectivity index (χ2n) is 5.44. The number of carbonyl (C=O) groups excluding carboxylic acids is 1. The molecule has 0 aliphatic heterocycles. The highest BCUT2D eigenvalue weighted by Crippen LogP contribution is 2.09. The van der Waals surface area contributed by atoms with Gasteiger partial charge >= 0.3 is 0 Å². The van der Waals surface area contributed by atoms with Crippen LogP contribution in [0.3, 0.4) is 0 Å². The van der Waals surface area contributed by atoms with Gasteiger partial charge in [0.05, 0.1) is 11.6 Å². The number of nitrogens with zero attached hydrogens (tertiary/aromatic N) is 1. The Balaban J connectivity index is 2.12. The maximum Gasteiger partial charge on any atom is 0.240 e. The molecule has 1 amide bonds. The van der Waals surface area contributed by atoms with E-state index in [1.807, 2.05) is 26.0 Å². The van der Waals surface area contributed by atoms with Crippen molar-refractivity contribution in [3.05, 3.63) is 46.8 Å². The van der Waals surface area contributed by atoms with E-state index >= 15 is 0 Å². The van der Waals surface area contributed by atoms with Crippen molar-refractivity contribution >= 4 is 16.8 Å². The maximum atomic E-state index is 11.9. The zero-order valence-electron chi connectivity index (χ0n) is 12.2. The molecule has 2 aromatic rings. The number of hydrogen-bond acceptors (Lipinski definition) is 3. The minimum absolute atomic E-state index is 0.0579. The van der Waals surface area contributed by atoms with Gasteiger partial charge in [0.15, 0.2) is 5.43 Å². The number of aliphatic hydroxyl groups excluding tert-OH is 1. The van der Waals surface area contributed by atoms with Crippen LogP contribution in [-0.2, 0) is 11.3 Å². The average Bonchev–Trinajstić information content (AvgIpc) is 2.48. The van der Waals surface area contributed by atoms with Crippen LogP contribution < -0.4 is 10.7 Å². The van der Waals surface area contributed by atoms with Crippen LogP contribution in [-0.4, -0.2) is 28.2 Å². The SMILES string of the molecule is CC(C)C(O)CNC(=O)Cn1ccc(=O)c2ccccc21. The monoisotopic (exact) mass is 288 g/mol. The van der Waals surface area contributed by atoms with Gasteiger partial charge in [-0.1, -0.05) is 26.0 Å². The molecule has 5 heteroatoms. The zero-order valence-corrected chi connectivity index (χ0v) is 12.2. The van der Waals surface area contributed by atoms with Crippen molar-refractivity contribution in [2.24, 2.45) is 5.92 Å². The normalized spacial score (nSPS) is 12.6. The first-order valence-electron chi connectivity index (χ1n) is 7.02. The van der Waals surface area contributed by atoms with E-state index < -0.39 is 6.10 Å². The Morgan fingerprint density at radius 1 is 1.29 bits per heavy atom. The molecule has 0 radical (unpaired) electrons. The summed E-state index contributed by atoms with van der Waals surface area (Å²) < 4.78 is 1.73. The molecule has 112 valence electrons. The first-order valence-corrected chi connectivity index (χ1v) is 7.02. The molecule has 0 spiro atoms. The molecule has 2 N–H and O–H groups in total. The lowest BCUT2D eigenvalue weighted by Gasteiger charge is -2.16. The van der Waals surface area contributed by atoms with Gasteiger partial charge in [-0.3, -0.25) is 9.59 Å². The predicted molar refractivity (Wildman–Crippen MR) is 82.1 cm³/mol. The minimum atomic E-state index is -0.556. The molecule has 0 saturated heterocycles. The number of fused-ring (bicyclic) bond motifs is 1. The topological polar surface area (TPSA) is 71.3 Å². The third-order valence-corrected chi connectivity index (χ3v) is 3.48. The fourth-order valence-corrected chi connectivity index (χ4v) is 2.06. The summed E-state index contributed by atoms with van der Waals surface area (Å²) in [7, 11) is 0. The Hall–Kier alpha value is -2.14. The van der Waals surface area contributed by atoms with Crippen LogP contribution in [0.1, 0.15) is 13.8 Å². The number of nitrogens with one attached hydrogen (secondary N) is 1. The smallest absolute Gasteiger partial charge is 0.240 e. The molecule has 1 unspecified atom stereocenters. The lowest BCUT2D eigenvalue weighted by atomic mass is 10.1. The summed E-state index contributed by atoms with van der Waals surface area (Å²) in [4.78, 5) is 23.7. The second kappa shape index (κ2) is 6.54. The van der Waals surface area contributed by atoms with Crippen molar-refractivity contribution in [2.45, 2.75) is 26.5 Å². The van der Waals surface area contributed by atoms with E-state index in [4.69, 9.17) is 0 Å². The van der Waals surface area contributed by atoms with Gasteiger partial charge in [0, 0.05) is 24.2 Å². The van der Waals surface area contributed by atoms with Gasteiger partial charge < -0.3 is 15.0 Å². The van der Waals surface area contributed by atoms with Crippen LogP contribution >= 0.6 is 0 Å². The van der Waals surface area contributed by atoms with E-state index in [1.165, 1.54) is 6.07 Å². The molecular formula is C16H20N2O3. The van der Waals surface area contributed by atoms with Crippen molar-refractivity contribution in [1.82, 2.24) is 9.88 Å². The highest BCUT2D eigenvalue weighted by molar-refractivity contribution is 5.82. The van der Waals surface area contributed by atoms with E-state index in [0.717, 1.165) is 5.52 Å². The lowest BCUT2D eigenvalue weighted by Crippen LogP contribution is -2.36. The van der Waals surface area contributed by atoms with Gasteiger partial charge in [-0.15, -0.1) is 0 Å². The summed E-state index contributed by atoms with van der Waals surface area (Å²) >= 11 is 0. The molecule has 1 aromatic carbocycles. The summed E-state index contributed by atoms with van der Waals surface area (Å²) in [6.07, 6.45) is 1.06. The van der Waals surface area contributed by atoms with Crippen molar-refractivity contribution in [3.63, 3.8) is 0 Å². The molecule has 1 atom stereocenters. The van der Waals surface area contributed by atoms with Gasteiger partial charge in [0.2, 0.25) is 5.91 Å². The minimum Gasteiger partial charge on any atom is -0.391 e. The number of pyridine rings is 1. The lowest BCUT2D eigenvalue weighted by molar-refractivity contribution is -0.122. The van der Waals surface area contributed by atoms with Crippen molar-refractivity contribution in [3.8, 4) is 0 Å². The number of benzene rings is 1. The predicted octanol–water partition coefficient (Wildman–Crippen LogP) is 1.13. The van der Waals surface area contributed by atoms with Gasteiger partial charge in [0.1, 0.15) is 6.54 Å². The van der Waals surface area contributed by atoms with Gasteiger partial charge in [-0.25, -0.2) is 0 Å². The van der Waals surface area contributed by atoms with E-state index in [2.05, 4.69) is 5.32 Å². The molecule has 2 rings (SSSR count). The van der Waals surface area contributed by atoms with E-state index in [1.54, 1.807) is 22.9 Å². The van der Waals surface area contributed by atoms with Gasteiger partial charge in [0.25, 0.3) is 0 Å². The Labute approximate surface area is 123 Å². The number of amides is 1. The van der Waals surface area contributed by atoms with Crippen LogP contribution in [0.15, 0.2) is 41.3 Å². The number of carbonyl (C=O) groups is 1. The first kappa shape index (κ1) is 15.3. The molecular weight excluding hydrogens is 268 g/mol. The van der Waals surface area contributed by atoms with Gasteiger partial charge in [-0.2, -0.15) is 0 Å².